The number of benzene rings is 1. The molecule has 0 unspecified atom stereocenters. The highest BCUT2D eigenvalue weighted by Gasteiger charge is 2.21. The van der Waals surface area contributed by atoms with Crippen LogP contribution in [0.2, 0.25) is 0 Å². The van der Waals surface area contributed by atoms with Gasteiger partial charge in [0, 0.05) is 31.6 Å². The Kier molecular flexibility index (Phi) is 8.69. The summed E-state index contributed by atoms with van der Waals surface area (Å²) in [6, 6.07) is 5.68. The van der Waals surface area contributed by atoms with E-state index in [1.54, 1.807) is 15.9 Å². The van der Waals surface area contributed by atoms with Gasteiger partial charge in [-0.3, -0.25) is 14.3 Å². The van der Waals surface area contributed by atoms with E-state index in [0.717, 1.165) is 24.8 Å². The summed E-state index contributed by atoms with van der Waals surface area (Å²) in [5, 5.41) is 6.98. The summed E-state index contributed by atoms with van der Waals surface area (Å²) in [6.07, 6.45) is 6.74. The molecule has 3 rings (SSSR count). The van der Waals surface area contributed by atoms with Crippen LogP contribution in [0, 0.1) is 0 Å². The smallest absolute Gasteiger partial charge is 0.239 e. The van der Waals surface area contributed by atoms with E-state index >= 15 is 0 Å². The molecule has 0 aliphatic carbocycles. The summed E-state index contributed by atoms with van der Waals surface area (Å²) in [4.78, 5) is 31.0. The quantitative estimate of drug-likeness (QED) is 0.756. The first-order valence-electron chi connectivity index (χ1n) is 10.9. The predicted octanol–water partition coefficient (Wildman–Crippen LogP) is 2.16. The van der Waals surface area contributed by atoms with Crippen LogP contribution in [0.3, 0.4) is 0 Å². The average Bonchev–Trinajstić information content (AvgIpc) is 3.27. The Morgan fingerprint density at radius 2 is 2.16 bits per heavy atom. The molecule has 0 saturated carbocycles. The predicted molar refractivity (Wildman–Crippen MR) is 115 cm³/mol. The number of rotatable bonds is 6. The van der Waals surface area contributed by atoms with E-state index in [1.165, 1.54) is 6.33 Å². The van der Waals surface area contributed by atoms with Gasteiger partial charge in [0.25, 0.3) is 0 Å². The molecule has 9 nitrogen and oxygen atoms in total. The summed E-state index contributed by atoms with van der Waals surface area (Å²) < 4.78 is 13.5. The van der Waals surface area contributed by atoms with Gasteiger partial charge >= 0.3 is 0 Å². The van der Waals surface area contributed by atoms with E-state index < -0.39 is 0 Å². The molecule has 2 amide bonds. The molecule has 0 spiro atoms. The fourth-order valence-electron chi connectivity index (χ4n) is 3.49. The molecular formula is C22H31N5O4. The van der Waals surface area contributed by atoms with Gasteiger partial charge in [-0.05, 0) is 38.7 Å². The highest BCUT2D eigenvalue weighted by molar-refractivity contribution is 5.84. The van der Waals surface area contributed by atoms with Crippen molar-refractivity contribution < 1.29 is 19.1 Å². The molecule has 1 N–H and O–H groups in total. The number of amides is 2. The zero-order chi connectivity index (χ0) is 21.9. The van der Waals surface area contributed by atoms with Gasteiger partial charge in [0.15, 0.2) is 11.5 Å². The minimum atomic E-state index is -0.146. The minimum Gasteiger partial charge on any atom is -0.490 e. The van der Waals surface area contributed by atoms with E-state index in [-0.39, 0.29) is 24.9 Å². The van der Waals surface area contributed by atoms with Crippen molar-refractivity contribution in [2.24, 2.45) is 0 Å². The Balaban J connectivity index is 1.77. The zero-order valence-electron chi connectivity index (χ0n) is 18.1. The van der Waals surface area contributed by atoms with Crippen molar-refractivity contribution in [2.45, 2.75) is 52.1 Å². The maximum atomic E-state index is 13.0. The number of fused-ring (bicyclic) bond motifs is 1. The monoisotopic (exact) mass is 429 g/mol. The molecule has 1 aromatic heterocycles. The largest absolute Gasteiger partial charge is 0.490 e. The van der Waals surface area contributed by atoms with Crippen LogP contribution in [-0.2, 0) is 22.7 Å². The van der Waals surface area contributed by atoms with Crippen molar-refractivity contribution in [3.8, 4) is 11.5 Å². The van der Waals surface area contributed by atoms with Gasteiger partial charge < -0.3 is 19.7 Å². The molecule has 1 aliphatic rings. The molecule has 1 aromatic carbocycles. The maximum Gasteiger partial charge on any atom is 0.239 e. The normalized spacial score (nSPS) is 15.5. The van der Waals surface area contributed by atoms with Crippen LogP contribution >= 0.6 is 0 Å². The van der Waals surface area contributed by atoms with Crippen LogP contribution in [0.4, 0.5) is 0 Å². The Morgan fingerprint density at radius 3 is 2.97 bits per heavy atom. The van der Waals surface area contributed by atoms with Crippen molar-refractivity contribution in [3.63, 3.8) is 0 Å². The summed E-state index contributed by atoms with van der Waals surface area (Å²) in [5.41, 5.74) is 0.836. The van der Waals surface area contributed by atoms with E-state index in [2.05, 4.69) is 15.4 Å². The number of aromatic nitrogens is 3. The number of nitrogens with zero attached hydrogens (tertiary/aromatic N) is 4. The third-order valence-corrected chi connectivity index (χ3v) is 5.04. The number of hydrogen-bond acceptors (Lipinski definition) is 6. The van der Waals surface area contributed by atoms with Crippen LogP contribution in [0.5, 0.6) is 11.5 Å². The summed E-state index contributed by atoms with van der Waals surface area (Å²) in [7, 11) is 0. The topological polar surface area (TPSA) is 98.6 Å². The summed E-state index contributed by atoms with van der Waals surface area (Å²) in [6.45, 7) is 4.51. The third-order valence-electron chi connectivity index (χ3n) is 5.04. The van der Waals surface area contributed by atoms with E-state index in [0.29, 0.717) is 50.6 Å². The minimum absolute atomic E-state index is 0.0143. The van der Waals surface area contributed by atoms with Gasteiger partial charge in [-0.2, -0.15) is 5.10 Å². The molecule has 0 atom stereocenters. The Morgan fingerprint density at radius 1 is 1.26 bits per heavy atom. The number of ether oxygens (including phenoxy) is 2. The molecule has 0 radical (unpaired) electrons. The fourth-order valence-corrected chi connectivity index (χ4v) is 3.49. The van der Waals surface area contributed by atoms with Gasteiger partial charge in [-0.15, -0.1) is 0 Å². The lowest BCUT2D eigenvalue weighted by Gasteiger charge is -2.24. The number of carbonyl (C=O) groups excluding carboxylic acids is 2. The average molecular weight is 430 g/mol. The molecule has 0 bridgehead atoms. The number of nitrogens with one attached hydrogen (secondary N) is 1. The molecular weight excluding hydrogens is 398 g/mol. The van der Waals surface area contributed by atoms with Crippen LogP contribution < -0.4 is 14.8 Å². The second-order valence-electron chi connectivity index (χ2n) is 7.45. The molecule has 0 fully saturated rings. The highest BCUT2D eigenvalue weighted by Crippen LogP contribution is 2.33. The molecule has 0 saturated heterocycles. The van der Waals surface area contributed by atoms with Crippen molar-refractivity contribution in [3.05, 3.63) is 36.4 Å². The number of para-hydroxylation sites is 1. The lowest BCUT2D eigenvalue weighted by atomic mass is 10.1. The lowest BCUT2D eigenvalue weighted by Crippen LogP contribution is -2.40. The first-order valence-corrected chi connectivity index (χ1v) is 10.9. The molecule has 9 heteroatoms. The number of aryl methyl sites for hydroxylation is 1. The summed E-state index contributed by atoms with van der Waals surface area (Å²) in [5.74, 6) is 1.09. The Hall–Kier alpha value is -3.10. The van der Waals surface area contributed by atoms with Gasteiger partial charge in [-0.1, -0.05) is 12.1 Å². The zero-order valence-corrected chi connectivity index (χ0v) is 18.1. The van der Waals surface area contributed by atoms with E-state index in [4.69, 9.17) is 9.47 Å². The van der Waals surface area contributed by atoms with Crippen molar-refractivity contribution >= 4 is 11.8 Å². The van der Waals surface area contributed by atoms with Crippen molar-refractivity contribution in [1.82, 2.24) is 25.0 Å². The standard InChI is InChI=1S/C22H31N5O4/c1-2-30-19-9-6-8-18-14-26(21(29)10-7-12-27-17-23-16-25-27)15-20(28)24-11-4-3-5-13-31-22(18)19/h6,8-9,16-17H,2-5,7,10-15H2,1H3,(H,24,28). The van der Waals surface area contributed by atoms with Gasteiger partial charge in [0.1, 0.15) is 12.7 Å². The van der Waals surface area contributed by atoms with Crippen LogP contribution in [0.1, 0.15) is 44.6 Å². The van der Waals surface area contributed by atoms with Crippen molar-refractivity contribution in [2.75, 3.05) is 26.3 Å². The number of hydrogen-bond donors (Lipinski definition) is 1. The molecule has 2 heterocycles. The van der Waals surface area contributed by atoms with Crippen molar-refractivity contribution in [1.29, 1.82) is 0 Å². The van der Waals surface area contributed by atoms with Crippen LogP contribution in [-0.4, -0.2) is 57.8 Å². The Bertz CT molecular complexity index is 840. The maximum absolute atomic E-state index is 13.0. The second-order valence-corrected chi connectivity index (χ2v) is 7.45. The Labute approximate surface area is 182 Å². The van der Waals surface area contributed by atoms with Crippen LogP contribution in [0.25, 0.3) is 0 Å². The molecule has 31 heavy (non-hydrogen) atoms. The summed E-state index contributed by atoms with van der Waals surface area (Å²) >= 11 is 0. The number of carbonyl (C=O) groups is 2. The fraction of sp³-hybridized carbons (Fsp3) is 0.545. The lowest BCUT2D eigenvalue weighted by molar-refractivity contribution is -0.136. The molecule has 1 aliphatic heterocycles. The van der Waals surface area contributed by atoms with E-state index in [1.807, 2.05) is 25.1 Å². The van der Waals surface area contributed by atoms with Gasteiger partial charge in [0.05, 0.1) is 19.8 Å². The van der Waals surface area contributed by atoms with Crippen LogP contribution in [0.15, 0.2) is 30.9 Å². The first-order chi connectivity index (χ1) is 15.2. The molecule has 168 valence electrons. The second kappa shape index (κ2) is 11.9. The first kappa shape index (κ1) is 22.6. The van der Waals surface area contributed by atoms with Gasteiger partial charge in [-0.25, -0.2) is 4.98 Å². The SMILES string of the molecule is CCOc1cccc2c1OCCCCCNC(=O)CN(C(=O)CCCn1cncn1)C2. The van der Waals surface area contributed by atoms with E-state index in [9.17, 15) is 9.59 Å². The third kappa shape index (κ3) is 6.97. The molecule has 2 aromatic rings. The highest BCUT2D eigenvalue weighted by atomic mass is 16.5. The van der Waals surface area contributed by atoms with Gasteiger partial charge in [0.2, 0.25) is 11.8 Å².